The minimum Gasteiger partial charge on any atom is -0.494 e. The molecule has 11 heteroatoms. The van der Waals surface area contributed by atoms with Gasteiger partial charge in [-0.2, -0.15) is 5.10 Å². The van der Waals surface area contributed by atoms with Crippen LogP contribution in [-0.4, -0.2) is 47.9 Å². The summed E-state index contributed by atoms with van der Waals surface area (Å²) in [5, 5.41) is 4.34. The van der Waals surface area contributed by atoms with Crippen molar-refractivity contribution in [3.05, 3.63) is 77.3 Å². The number of anilines is 1. The number of carbonyl (C=O) groups excluding carboxylic acids is 1. The molecule has 1 amide bonds. The van der Waals surface area contributed by atoms with Gasteiger partial charge in [-0.3, -0.25) is 9.10 Å². The van der Waals surface area contributed by atoms with Crippen molar-refractivity contribution in [3.63, 3.8) is 0 Å². The van der Waals surface area contributed by atoms with Gasteiger partial charge in [0, 0.05) is 5.02 Å². The highest BCUT2D eigenvalue weighted by molar-refractivity contribution is 7.92. The standard InChI is InChI=1S/C25H26ClN3O6S/c1-4-35-21-10-8-20(9-11-21)29(36(31,32)22-12-6-19(26)7-13-22)17-25(30)28-27-16-18-5-14-23(33-2)24(15-18)34-3/h5-16H,4,17H2,1-3H3,(H,28,30)/b27-16-. The fourth-order valence-electron chi connectivity index (χ4n) is 3.20. The first-order valence-corrected chi connectivity index (χ1v) is 12.7. The number of benzene rings is 3. The van der Waals surface area contributed by atoms with E-state index in [1.165, 1.54) is 44.7 Å². The molecule has 0 saturated heterocycles. The maximum absolute atomic E-state index is 13.4. The number of sulfonamides is 1. The highest BCUT2D eigenvalue weighted by Crippen LogP contribution is 2.28. The second kappa shape index (κ2) is 12.3. The molecule has 190 valence electrons. The third-order valence-electron chi connectivity index (χ3n) is 4.94. The zero-order chi connectivity index (χ0) is 26.1. The minimum absolute atomic E-state index is 0.0117. The van der Waals surface area contributed by atoms with Crippen LogP contribution in [0.5, 0.6) is 17.2 Å². The van der Waals surface area contributed by atoms with Crippen LogP contribution in [0.2, 0.25) is 5.02 Å². The molecule has 36 heavy (non-hydrogen) atoms. The van der Waals surface area contributed by atoms with Crippen LogP contribution in [0.1, 0.15) is 12.5 Å². The molecule has 0 aliphatic carbocycles. The molecule has 1 N–H and O–H groups in total. The van der Waals surface area contributed by atoms with Gasteiger partial charge in [0.2, 0.25) is 0 Å². The number of rotatable bonds is 11. The maximum Gasteiger partial charge on any atom is 0.264 e. The summed E-state index contributed by atoms with van der Waals surface area (Å²) in [5.41, 5.74) is 3.30. The number of hydrogen-bond acceptors (Lipinski definition) is 7. The fourth-order valence-corrected chi connectivity index (χ4v) is 4.75. The Bertz CT molecular complexity index is 1310. The molecule has 0 atom stereocenters. The molecule has 0 spiro atoms. The average Bonchev–Trinajstić information content (AvgIpc) is 2.88. The number of nitrogens with zero attached hydrogens (tertiary/aromatic N) is 2. The van der Waals surface area contributed by atoms with Crippen LogP contribution < -0.4 is 23.9 Å². The average molecular weight is 532 g/mol. The van der Waals surface area contributed by atoms with Crippen molar-refractivity contribution in [1.29, 1.82) is 0 Å². The van der Waals surface area contributed by atoms with Crippen LogP contribution in [0.15, 0.2) is 76.7 Å². The zero-order valence-electron chi connectivity index (χ0n) is 20.0. The van der Waals surface area contributed by atoms with E-state index in [1.54, 1.807) is 42.5 Å². The van der Waals surface area contributed by atoms with Crippen LogP contribution in [0, 0.1) is 0 Å². The van der Waals surface area contributed by atoms with E-state index >= 15 is 0 Å². The van der Waals surface area contributed by atoms with Crippen molar-refractivity contribution in [2.45, 2.75) is 11.8 Å². The summed E-state index contributed by atoms with van der Waals surface area (Å²) in [5.74, 6) is 0.993. The third kappa shape index (κ3) is 6.67. The number of ether oxygens (including phenoxy) is 3. The first kappa shape index (κ1) is 26.8. The van der Waals surface area contributed by atoms with Crippen LogP contribution in [0.3, 0.4) is 0 Å². The van der Waals surface area contributed by atoms with Gasteiger partial charge in [-0.25, -0.2) is 13.8 Å². The van der Waals surface area contributed by atoms with Gasteiger partial charge in [0.15, 0.2) is 11.5 Å². The lowest BCUT2D eigenvalue weighted by Gasteiger charge is -2.24. The summed E-state index contributed by atoms with van der Waals surface area (Å²) >= 11 is 5.92. The van der Waals surface area contributed by atoms with E-state index < -0.39 is 22.5 Å². The summed E-state index contributed by atoms with van der Waals surface area (Å²) in [6.07, 6.45) is 1.41. The number of amides is 1. The monoisotopic (exact) mass is 531 g/mol. The molecule has 3 rings (SSSR count). The van der Waals surface area contributed by atoms with E-state index in [2.05, 4.69) is 10.5 Å². The van der Waals surface area contributed by atoms with Crippen molar-refractivity contribution < 1.29 is 27.4 Å². The number of hydrogen-bond donors (Lipinski definition) is 1. The van der Waals surface area contributed by atoms with Gasteiger partial charge in [-0.15, -0.1) is 0 Å². The predicted molar refractivity (Wildman–Crippen MR) is 139 cm³/mol. The Kier molecular flexibility index (Phi) is 9.15. The molecule has 0 aliphatic heterocycles. The summed E-state index contributed by atoms with van der Waals surface area (Å²) in [6, 6.07) is 17.2. The highest BCUT2D eigenvalue weighted by atomic mass is 35.5. The lowest BCUT2D eigenvalue weighted by atomic mass is 10.2. The van der Waals surface area contributed by atoms with Crippen molar-refractivity contribution in [2.24, 2.45) is 5.10 Å². The second-order valence-corrected chi connectivity index (χ2v) is 9.60. The molecule has 0 aromatic heterocycles. The number of methoxy groups -OCH3 is 2. The maximum atomic E-state index is 13.4. The molecule has 0 radical (unpaired) electrons. The highest BCUT2D eigenvalue weighted by Gasteiger charge is 2.27. The lowest BCUT2D eigenvalue weighted by molar-refractivity contribution is -0.119. The van der Waals surface area contributed by atoms with Gasteiger partial charge in [0.05, 0.1) is 37.6 Å². The fraction of sp³-hybridized carbons (Fsp3) is 0.200. The molecular weight excluding hydrogens is 506 g/mol. The minimum atomic E-state index is -4.09. The molecule has 0 bridgehead atoms. The van der Waals surface area contributed by atoms with Gasteiger partial charge < -0.3 is 14.2 Å². The quantitative estimate of drug-likeness (QED) is 0.295. The Morgan fingerprint density at radius 3 is 2.28 bits per heavy atom. The van der Waals surface area contributed by atoms with Crippen molar-refractivity contribution in [3.8, 4) is 17.2 Å². The predicted octanol–water partition coefficient (Wildman–Crippen LogP) is 4.10. The lowest BCUT2D eigenvalue weighted by Crippen LogP contribution is -2.39. The molecule has 0 aliphatic rings. The number of halogens is 1. The van der Waals surface area contributed by atoms with Crippen LogP contribution in [-0.2, 0) is 14.8 Å². The normalized spacial score (nSPS) is 11.2. The van der Waals surface area contributed by atoms with Crippen LogP contribution in [0.25, 0.3) is 0 Å². The topological polar surface area (TPSA) is 107 Å². The van der Waals surface area contributed by atoms with Gasteiger partial charge in [-0.1, -0.05) is 11.6 Å². The van der Waals surface area contributed by atoms with Crippen molar-refractivity contribution in [2.75, 3.05) is 31.7 Å². The molecule has 9 nitrogen and oxygen atoms in total. The number of nitrogens with one attached hydrogen (secondary N) is 1. The first-order valence-electron chi connectivity index (χ1n) is 10.8. The van der Waals surface area contributed by atoms with Crippen LogP contribution >= 0.6 is 11.6 Å². The summed E-state index contributed by atoms with van der Waals surface area (Å²) in [7, 11) is -1.06. The molecule has 0 fully saturated rings. The summed E-state index contributed by atoms with van der Waals surface area (Å²) < 4.78 is 43.7. The Morgan fingerprint density at radius 2 is 1.67 bits per heavy atom. The van der Waals surface area contributed by atoms with Crippen LogP contribution in [0.4, 0.5) is 5.69 Å². The summed E-state index contributed by atoms with van der Waals surface area (Å²) in [4.78, 5) is 12.7. The molecule has 0 heterocycles. The van der Waals surface area contributed by atoms with E-state index in [0.29, 0.717) is 34.4 Å². The van der Waals surface area contributed by atoms with E-state index in [-0.39, 0.29) is 10.6 Å². The Labute approximate surface area is 215 Å². The van der Waals surface area contributed by atoms with E-state index in [4.69, 9.17) is 25.8 Å². The second-order valence-electron chi connectivity index (χ2n) is 7.30. The van der Waals surface area contributed by atoms with E-state index in [0.717, 1.165) is 4.31 Å². The number of carbonyl (C=O) groups is 1. The zero-order valence-corrected chi connectivity index (χ0v) is 21.5. The third-order valence-corrected chi connectivity index (χ3v) is 6.98. The van der Waals surface area contributed by atoms with Gasteiger partial charge in [0.25, 0.3) is 15.9 Å². The Balaban J connectivity index is 1.82. The molecule has 0 unspecified atom stereocenters. The van der Waals surface area contributed by atoms with Crippen molar-refractivity contribution >= 4 is 39.4 Å². The van der Waals surface area contributed by atoms with Crippen molar-refractivity contribution in [1.82, 2.24) is 5.43 Å². The smallest absolute Gasteiger partial charge is 0.264 e. The van der Waals surface area contributed by atoms with Gasteiger partial charge in [0.1, 0.15) is 12.3 Å². The van der Waals surface area contributed by atoms with Gasteiger partial charge >= 0.3 is 0 Å². The SMILES string of the molecule is CCOc1ccc(N(CC(=O)N/N=C\c2ccc(OC)c(OC)c2)S(=O)(=O)c2ccc(Cl)cc2)cc1. The largest absolute Gasteiger partial charge is 0.494 e. The van der Waals surface area contributed by atoms with E-state index in [9.17, 15) is 13.2 Å². The number of hydrazone groups is 1. The van der Waals surface area contributed by atoms with Gasteiger partial charge in [-0.05, 0) is 79.2 Å². The Morgan fingerprint density at radius 1 is 1.00 bits per heavy atom. The molecule has 3 aromatic rings. The Hall–Kier alpha value is -3.76. The summed E-state index contributed by atoms with van der Waals surface area (Å²) in [6.45, 7) is 1.80. The molecule has 3 aromatic carbocycles. The molecule has 0 saturated carbocycles. The molecular formula is C25H26ClN3O6S. The first-order chi connectivity index (χ1) is 17.3. The van der Waals surface area contributed by atoms with E-state index in [1.807, 2.05) is 6.92 Å².